The molecule has 7 nitrogen and oxygen atoms in total. The van der Waals surface area contributed by atoms with Crippen LogP contribution in [0.25, 0.3) is 10.8 Å². The number of ether oxygens (including phenoxy) is 2. The Hall–Kier alpha value is -3.35. The van der Waals surface area contributed by atoms with E-state index < -0.39 is 0 Å². The van der Waals surface area contributed by atoms with Crippen molar-refractivity contribution in [2.45, 2.75) is 32.9 Å². The number of methoxy groups -OCH3 is 1. The van der Waals surface area contributed by atoms with Gasteiger partial charge >= 0.3 is 0 Å². The van der Waals surface area contributed by atoms with Crippen molar-refractivity contribution in [2.24, 2.45) is 7.05 Å². The van der Waals surface area contributed by atoms with Crippen LogP contribution in [-0.4, -0.2) is 28.9 Å². The van der Waals surface area contributed by atoms with Gasteiger partial charge in [-0.2, -0.15) is 5.10 Å². The molecule has 1 atom stereocenters. The molecule has 0 bridgehead atoms. The van der Waals surface area contributed by atoms with Gasteiger partial charge < -0.3 is 14.8 Å². The number of nitrogens with one attached hydrogen (secondary N) is 1. The Morgan fingerprint density at radius 2 is 1.76 bits per heavy atom. The predicted molar refractivity (Wildman–Crippen MR) is 112 cm³/mol. The second kappa shape index (κ2) is 8.34. The molecular formula is C22H25N3O4. The van der Waals surface area contributed by atoms with Gasteiger partial charge in [0.1, 0.15) is 0 Å². The van der Waals surface area contributed by atoms with E-state index in [1.165, 1.54) is 11.7 Å². The van der Waals surface area contributed by atoms with Crippen LogP contribution in [0.15, 0.2) is 47.3 Å². The van der Waals surface area contributed by atoms with Gasteiger partial charge in [-0.25, -0.2) is 4.68 Å². The third-order valence-electron chi connectivity index (χ3n) is 4.57. The fraction of sp³-hybridized carbons (Fsp3) is 0.318. The molecule has 0 spiro atoms. The van der Waals surface area contributed by atoms with E-state index in [1.54, 1.807) is 31.4 Å². The molecule has 3 rings (SSSR count). The maximum Gasteiger partial charge on any atom is 0.274 e. The minimum Gasteiger partial charge on any atom is -0.493 e. The van der Waals surface area contributed by atoms with Crippen molar-refractivity contribution in [1.82, 2.24) is 15.1 Å². The van der Waals surface area contributed by atoms with E-state index in [2.05, 4.69) is 10.4 Å². The summed E-state index contributed by atoms with van der Waals surface area (Å²) in [5, 5.41) is 8.11. The highest BCUT2D eigenvalue weighted by Crippen LogP contribution is 2.31. The highest BCUT2D eigenvalue weighted by molar-refractivity contribution is 6.04. The number of amides is 1. The number of hydrogen-bond acceptors (Lipinski definition) is 5. The standard InChI is InChI=1S/C22H25N3O4/c1-13(2)29-18-11-10-15(12-19(18)28-5)14(3)23-21(26)20-16-8-6-7-9-17(16)22(27)25(4)24-20/h6-14H,1-5H3,(H,23,26). The number of fused-ring (bicyclic) bond motifs is 1. The Balaban J connectivity index is 1.89. The van der Waals surface area contributed by atoms with Gasteiger partial charge in [0, 0.05) is 12.4 Å². The highest BCUT2D eigenvalue weighted by atomic mass is 16.5. The normalized spacial score (nSPS) is 12.1. The van der Waals surface area contributed by atoms with Crippen molar-refractivity contribution in [3.05, 3.63) is 64.1 Å². The molecule has 0 aliphatic rings. The fourth-order valence-corrected chi connectivity index (χ4v) is 3.12. The number of carbonyl (C=O) groups is 1. The number of rotatable bonds is 6. The Labute approximate surface area is 169 Å². The second-order valence-corrected chi connectivity index (χ2v) is 7.10. The van der Waals surface area contributed by atoms with Crippen LogP contribution in [0.1, 0.15) is 42.9 Å². The molecule has 0 saturated carbocycles. The zero-order chi connectivity index (χ0) is 21.1. The summed E-state index contributed by atoms with van der Waals surface area (Å²) in [7, 11) is 3.11. The van der Waals surface area contributed by atoms with Crippen LogP contribution in [-0.2, 0) is 7.05 Å². The zero-order valence-corrected chi connectivity index (χ0v) is 17.2. The molecule has 152 valence electrons. The van der Waals surface area contributed by atoms with E-state index in [0.717, 1.165) is 5.56 Å². The zero-order valence-electron chi connectivity index (χ0n) is 17.2. The summed E-state index contributed by atoms with van der Waals surface area (Å²) >= 11 is 0. The number of nitrogens with zero attached hydrogens (tertiary/aromatic N) is 2. The van der Waals surface area contributed by atoms with Crippen LogP contribution in [0.3, 0.4) is 0 Å². The van der Waals surface area contributed by atoms with Crippen molar-refractivity contribution in [2.75, 3.05) is 7.11 Å². The van der Waals surface area contributed by atoms with E-state index in [1.807, 2.05) is 39.0 Å². The molecule has 1 aromatic heterocycles. The number of carbonyl (C=O) groups excluding carboxylic acids is 1. The van der Waals surface area contributed by atoms with E-state index in [9.17, 15) is 9.59 Å². The summed E-state index contributed by atoms with van der Waals surface area (Å²) in [5.41, 5.74) is 0.831. The van der Waals surface area contributed by atoms with Crippen LogP contribution in [0, 0.1) is 0 Å². The quantitative estimate of drug-likeness (QED) is 0.693. The monoisotopic (exact) mass is 395 g/mol. The second-order valence-electron chi connectivity index (χ2n) is 7.10. The molecule has 1 N–H and O–H groups in total. The molecular weight excluding hydrogens is 370 g/mol. The van der Waals surface area contributed by atoms with Gasteiger partial charge in [-0.1, -0.05) is 24.3 Å². The Morgan fingerprint density at radius 3 is 2.41 bits per heavy atom. The molecule has 0 aliphatic carbocycles. The largest absolute Gasteiger partial charge is 0.493 e. The van der Waals surface area contributed by atoms with E-state index in [0.29, 0.717) is 22.3 Å². The molecule has 29 heavy (non-hydrogen) atoms. The lowest BCUT2D eigenvalue weighted by Crippen LogP contribution is -2.31. The maximum atomic E-state index is 12.9. The first kappa shape index (κ1) is 20.4. The van der Waals surface area contributed by atoms with Gasteiger partial charge in [-0.3, -0.25) is 9.59 Å². The molecule has 3 aromatic rings. The van der Waals surface area contributed by atoms with E-state index in [4.69, 9.17) is 9.47 Å². The Kier molecular flexibility index (Phi) is 5.87. The first-order chi connectivity index (χ1) is 13.8. The van der Waals surface area contributed by atoms with Crippen LogP contribution in [0.4, 0.5) is 0 Å². The average Bonchev–Trinajstić information content (AvgIpc) is 2.70. The lowest BCUT2D eigenvalue weighted by molar-refractivity contribution is 0.0934. The molecule has 0 aliphatic heterocycles. The van der Waals surface area contributed by atoms with Crippen molar-refractivity contribution in [1.29, 1.82) is 0 Å². The predicted octanol–water partition coefficient (Wildman–Crippen LogP) is 3.22. The summed E-state index contributed by atoms with van der Waals surface area (Å²) in [4.78, 5) is 25.2. The Morgan fingerprint density at radius 1 is 1.07 bits per heavy atom. The van der Waals surface area contributed by atoms with E-state index in [-0.39, 0.29) is 29.3 Å². The molecule has 1 heterocycles. The van der Waals surface area contributed by atoms with Crippen molar-refractivity contribution < 1.29 is 14.3 Å². The molecule has 0 fully saturated rings. The minimum atomic E-state index is -0.356. The number of aryl methyl sites for hydroxylation is 1. The number of benzene rings is 2. The minimum absolute atomic E-state index is 0.0240. The van der Waals surface area contributed by atoms with Gasteiger partial charge in [0.2, 0.25) is 0 Å². The lowest BCUT2D eigenvalue weighted by Gasteiger charge is -2.18. The van der Waals surface area contributed by atoms with Gasteiger partial charge in [-0.15, -0.1) is 0 Å². The van der Waals surface area contributed by atoms with Gasteiger partial charge in [-0.05, 0) is 44.5 Å². The van der Waals surface area contributed by atoms with Crippen molar-refractivity contribution >= 4 is 16.7 Å². The van der Waals surface area contributed by atoms with Crippen LogP contribution in [0.2, 0.25) is 0 Å². The van der Waals surface area contributed by atoms with Crippen molar-refractivity contribution in [3.8, 4) is 11.5 Å². The van der Waals surface area contributed by atoms with Crippen LogP contribution < -0.4 is 20.3 Å². The van der Waals surface area contributed by atoms with Crippen molar-refractivity contribution in [3.63, 3.8) is 0 Å². The maximum absolute atomic E-state index is 12.9. The SMILES string of the molecule is COc1cc(C(C)NC(=O)c2nn(C)c(=O)c3ccccc23)ccc1OC(C)C. The molecule has 0 radical (unpaired) electrons. The third-order valence-corrected chi connectivity index (χ3v) is 4.57. The summed E-state index contributed by atoms with van der Waals surface area (Å²) in [6.07, 6.45) is 0.0240. The fourth-order valence-electron chi connectivity index (χ4n) is 3.12. The van der Waals surface area contributed by atoms with Gasteiger partial charge in [0.05, 0.1) is 24.6 Å². The molecule has 1 amide bonds. The van der Waals surface area contributed by atoms with Crippen LogP contribution in [0.5, 0.6) is 11.5 Å². The smallest absolute Gasteiger partial charge is 0.274 e. The summed E-state index contributed by atoms with van der Waals surface area (Å²) in [6.45, 7) is 5.77. The Bertz CT molecular complexity index is 1100. The first-order valence-corrected chi connectivity index (χ1v) is 9.43. The number of aromatic nitrogens is 2. The third kappa shape index (κ3) is 4.23. The number of hydrogen-bond donors (Lipinski definition) is 1. The topological polar surface area (TPSA) is 82.5 Å². The molecule has 1 unspecified atom stereocenters. The summed E-state index contributed by atoms with van der Waals surface area (Å²) in [6, 6.07) is 12.2. The van der Waals surface area contributed by atoms with E-state index >= 15 is 0 Å². The average molecular weight is 395 g/mol. The van der Waals surface area contributed by atoms with Crippen LogP contribution >= 0.6 is 0 Å². The lowest BCUT2D eigenvalue weighted by atomic mass is 10.1. The molecule has 0 saturated heterocycles. The highest BCUT2D eigenvalue weighted by Gasteiger charge is 2.19. The first-order valence-electron chi connectivity index (χ1n) is 9.43. The molecule has 2 aromatic carbocycles. The summed E-state index contributed by atoms with van der Waals surface area (Å²) in [5.74, 6) is 0.893. The van der Waals surface area contributed by atoms with Gasteiger partial charge in [0.25, 0.3) is 11.5 Å². The van der Waals surface area contributed by atoms with Gasteiger partial charge in [0.15, 0.2) is 17.2 Å². The summed E-state index contributed by atoms with van der Waals surface area (Å²) < 4.78 is 12.3. The molecule has 7 heteroatoms.